The zero-order chi connectivity index (χ0) is 24.4. The van der Waals surface area contributed by atoms with Crippen LogP contribution in [0.1, 0.15) is 5.56 Å². The van der Waals surface area contributed by atoms with Gasteiger partial charge in [0, 0.05) is 30.1 Å². The van der Waals surface area contributed by atoms with E-state index in [-0.39, 0.29) is 11.7 Å². The molecule has 1 amide bonds. The molecule has 0 aliphatic carbocycles. The van der Waals surface area contributed by atoms with Crippen molar-refractivity contribution in [2.45, 2.75) is 0 Å². The van der Waals surface area contributed by atoms with Crippen LogP contribution in [0, 0.1) is 0 Å². The Morgan fingerprint density at radius 1 is 1.00 bits per heavy atom. The lowest BCUT2D eigenvalue weighted by molar-refractivity contribution is -0.113. The van der Waals surface area contributed by atoms with E-state index in [1.54, 1.807) is 36.1 Å². The number of para-hydroxylation sites is 1. The number of phenolic OH excluding ortho intramolecular Hbond substituents is 1. The number of anilines is 1. The van der Waals surface area contributed by atoms with E-state index in [2.05, 4.69) is 4.99 Å². The molecule has 0 atom stereocenters. The Hall–Kier alpha value is -4.30. The summed E-state index contributed by atoms with van der Waals surface area (Å²) in [5.41, 5.74) is 4.20. The minimum atomic E-state index is -0.302. The summed E-state index contributed by atoms with van der Waals surface area (Å²) in [6, 6.07) is 24.2. The average Bonchev–Trinajstić information content (AvgIpc) is 3.48. The van der Waals surface area contributed by atoms with Gasteiger partial charge >= 0.3 is 0 Å². The summed E-state index contributed by atoms with van der Waals surface area (Å²) in [6.07, 6.45) is 3.75. The first-order valence-electron chi connectivity index (χ1n) is 10.9. The van der Waals surface area contributed by atoms with Gasteiger partial charge < -0.3 is 14.7 Å². The van der Waals surface area contributed by atoms with Gasteiger partial charge in [-0.3, -0.25) is 4.79 Å². The van der Waals surface area contributed by atoms with Gasteiger partial charge in [0.1, 0.15) is 11.5 Å². The highest BCUT2D eigenvalue weighted by atomic mass is 32.2. The number of amides is 1. The number of phenols is 1. The number of hydrogen-bond acceptors (Lipinski definition) is 6. The highest BCUT2D eigenvalue weighted by molar-refractivity contribution is 8.18. The Morgan fingerprint density at radius 2 is 1.71 bits per heavy atom. The number of amidine groups is 1. The quantitative estimate of drug-likeness (QED) is 0.386. The summed E-state index contributed by atoms with van der Waals surface area (Å²) in [5, 5.41) is 14.9. The number of methoxy groups -OCH3 is 1. The van der Waals surface area contributed by atoms with Crippen LogP contribution >= 0.6 is 11.8 Å². The zero-order valence-electron chi connectivity index (χ0n) is 19.1. The van der Waals surface area contributed by atoms with Crippen molar-refractivity contribution in [3.63, 3.8) is 0 Å². The molecule has 0 unspecified atom stereocenters. The van der Waals surface area contributed by atoms with Crippen LogP contribution in [0.25, 0.3) is 23.0 Å². The van der Waals surface area contributed by atoms with E-state index in [0.29, 0.717) is 10.1 Å². The molecule has 0 spiro atoms. The maximum Gasteiger partial charge on any atom is 0.286 e. The van der Waals surface area contributed by atoms with Gasteiger partial charge in [-0.25, -0.2) is 4.68 Å². The number of nitrogens with zero attached hydrogens (tertiary/aromatic N) is 4. The number of hydrogen-bond donors (Lipinski definition) is 1. The topological polar surface area (TPSA) is 79.9 Å². The van der Waals surface area contributed by atoms with Crippen molar-refractivity contribution in [1.29, 1.82) is 0 Å². The first-order chi connectivity index (χ1) is 17.0. The van der Waals surface area contributed by atoms with Crippen molar-refractivity contribution < 1.29 is 14.6 Å². The molecule has 1 aliphatic heterocycles. The summed E-state index contributed by atoms with van der Waals surface area (Å²) in [7, 11) is 3.47. The smallest absolute Gasteiger partial charge is 0.286 e. The van der Waals surface area contributed by atoms with Crippen molar-refractivity contribution in [2.24, 2.45) is 4.99 Å². The summed E-state index contributed by atoms with van der Waals surface area (Å²) >= 11 is 1.30. The fourth-order valence-electron chi connectivity index (χ4n) is 3.65. The third-order valence-electron chi connectivity index (χ3n) is 5.55. The molecule has 0 fully saturated rings. The Kier molecular flexibility index (Phi) is 6.12. The van der Waals surface area contributed by atoms with Gasteiger partial charge in [-0.1, -0.05) is 18.2 Å². The van der Waals surface area contributed by atoms with Gasteiger partial charge in [-0.2, -0.15) is 10.1 Å². The van der Waals surface area contributed by atoms with Gasteiger partial charge in [0.2, 0.25) is 0 Å². The molecule has 1 aliphatic rings. The SMILES string of the molecule is COc1ccc(-c2nn(-c3ccccc3)cc2/C=C2\SC(N(C)c3ccc(O)cc3)=NC2=O)cc1. The maximum absolute atomic E-state index is 12.8. The number of aromatic nitrogens is 2. The van der Waals surface area contributed by atoms with Crippen molar-refractivity contribution in [1.82, 2.24) is 9.78 Å². The molecule has 3 aromatic carbocycles. The third-order valence-corrected chi connectivity index (χ3v) is 6.61. The maximum atomic E-state index is 12.8. The molecule has 0 radical (unpaired) electrons. The van der Waals surface area contributed by atoms with E-state index in [9.17, 15) is 9.90 Å². The average molecular weight is 483 g/mol. The Morgan fingerprint density at radius 3 is 2.40 bits per heavy atom. The number of aromatic hydroxyl groups is 1. The van der Waals surface area contributed by atoms with Crippen LogP contribution in [-0.2, 0) is 4.79 Å². The highest BCUT2D eigenvalue weighted by Crippen LogP contribution is 2.34. The first-order valence-corrected chi connectivity index (χ1v) is 11.7. The Balaban J connectivity index is 1.50. The van der Waals surface area contributed by atoms with Crippen LogP contribution in [-0.4, -0.2) is 40.1 Å². The van der Waals surface area contributed by atoms with E-state index >= 15 is 0 Å². The lowest BCUT2D eigenvalue weighted by Gasteiger charge is -2.17. The predicted octanol–water partition coefficient (Wildman–Crippen LogP) is 5.36. The van der Waals surface area contributed by atoms with Crippen LogP contribution in [0.2, 0.25) is 0 Å². The molecule has 2 heterocycles. The molecule has 0 bridgehead atoms. The fraction of sp³-hybridized carbons (Fsp3) is 0.0741. The molecule has 0 saturated carbocycles. The second-order valence-electron chi connectivity index (χ2n) is 7.83. The Bertz CT molecular complexity index is 1430. The number of aliphatic imine (C=N–C) groups is 1. The molecule has 0 saturated heterocycles. The zero-order valence-corrected chi connectivity index (χ0v) is 19.9. The van der Waals surface area contributed by atoms with Gasteiger partial charge in [0.05, 0.1) is 23.4 Å². The third kappa shape index (κ3) is 4.69. The van der Waals surface area contributed by atoms with Crippen molar-refractivity contribution >= 4 is 34.6 Å². The normalized spacial score (nSPS) is 14.3. The van der Waals surface area contributed by atoms with Crippen LogP contribution in [0.15, 0.2) is 95.0 Å². The Labute approximate surface area is 207 Å². The lowest BCUT2D eigenvalue weighted by atomic mass is 10.1. The largest absolute Gasteiger partial charge is 0.508 e. The molecule has 4 aromatic rings. The fourth-order valence-corrected chi connectivity index (χ4v) is 4.53. The summed E-state index contributed by atoms with van der Waals surface area (Å²) < 4.78 is 7.10. The number of thioether (sulfide) groups is 1. The molecular formula is C27H22N4O3S. The van der Waals surface area contributed by atoms with Crippen LogP contribution in [0.5, 0.6) is 11.5 Å². The van der Waals surface area contributed by atoms with Gasteiger partial charge in [0.25, 0.3) is 5.91 Å². The number of carbonyl (C=O) groups is 1. The van der Waals surface area contributed by atoms with Gasteiger partial charge in [-0.05, 0) is 78.5 Å². The molecule has 7 nitrogen and oxygen atoms in total. The molecule has 8 heteroatoms. The first kappa shape index (κ1) is 22.5. The molecule has 5 rings (SSSR count). The number of ether oxygens (including phenoxy) is 1. The van der Waals surface area contributed by atoms with E-state index in [4.69, 9.17) is 9.84 Å². The minimum Gasteiger partial charge on any atom is -0.508 e. The summed E-state index contributed by atoms with van der Waals surface area (Å²) in [4.78, 5) is 19.4. The number of benzene rings is 3. The molecule has 1 N–H and O–H groups in total. The monoisotopic (exact) mass is 482 g/mol. The molecule has 35 heavy (non-hydrogen) atoms. The van der Waals surface area contributed by atoms with Crippen LogP contribution < -0.4 is 9.64 Å². The van der Waals surface area contributed by atoms with Gasteiger partial charge in [-0.15, -0.1) is 0 Å². The summed E-state index contributed by atoms with van der Waals surface area (Å²) in [6.45, 7) is 0. The van der Waals surface area contributed by atoms with E-state index in [1.807, 2.05) is 78.8 Å². The van der Waals surface area contributed by atoms with Crippen molar-refractivity contribution in [3.8, 4) is 28.4 Å². The number of rotatable bonds is 5. The second kappa shape index (κ2) is 9.52. The summed E-state index contributed by atoms with van der Waals surface area (Å²) in [5.74, 6) is 0.637. The van der Waals surface area contributed by atoms with E-state index < -0.39 is 0 Å². The van der Waals surface area contributed by atoms with Gasteiger partial charge in [0.15, 0.2) is 5.17 Å². The highest BCUT2D eigenvalue weighted by Gasteiger charge is 2.26. The minimum absolute atomic E-state index is 0.182. The van der Waals surface area contributed by atoms with Crippen LogP contribution in [0.3, 0.4) is 0 Å². The van der Waals surface area contributed by atoms with E-state index in [0.717, 1.165) is 33.9 Å². The van der Waals surface area contributed by atoms with E-state index in [1.165, 1.54) is 11.8 Å². The molecule has 1 aromatic heterocycles. The van der Waals surface area contributed by atoms with Crippen molar-refractivity contribution in [3.05, 3.63) is 95.5 Å². The lowest BCUT2D eigenvalue weighted by Crippen LogP contribution is -2.21. The number of carbonyl (C=O) groups excluding carboxylic acids is 1. The van der Waals surface area contributed by atoms with Crippen molar-refractivity contribution in [2.75, 3.05) is 19.1 Å². The second-order valence-corrected chi connectivity index (χ2v) is 8.84. The molecule has 174 valence electrons. The molecular weight excluding hydrogens is 460 g/mol. The predicted molar refractivity (Wildman–Crippen MR) is 140 cm³/mol. The van der Waals surface area contributed by atoms with Crippen LogP contribution in [0.4, 0.5) is 5.69 Å². The standard InChI is InChI=1S/C27H22N4O3S/c1-30(20-10-12-22(32)13-11-20)27-28-26(33)24(35-27)16-19-17-31(21-6-4-3-5-7-21)29-25(19)18-8-14-23(34-2)15-9-18/h3-17,32H,1-2H3/b24-16-.